The maximum Gasteiger partial charge on any atom is 0.419 e. The molecule has 0 aliphatic rings. The van der Waals surface area contributed by atoms with Crippen molar-refractivity contribution in [3.8, 4) is 5.75 Å². The smallest absolute Gasteiger partial charge is 0.419 e. The second-order valence-electron chi connectivity index (χ2n) is 11.4. The minimum absolute atomic E-state index is 0.0581. The number of hydrogen-bond acceptors (Lipinski definition) is 12. The van der Waals surface area contributed by atoms with Crippen molar-refractivity contribution in [3.63, 3.8) is 0 Å². The van der Waals surface area contributed by atoms with Crippen molar-refractivity contribution in [1.29, 1.82) is 0 Å². The number of imide groups is 1. The molecule has 2 amide bonds. The van der Waals surface area contributed by atoms with Gasteiger partial charge in [0.2, 0.25) is 12.7 Å². The van der Waals surface area contributed by atoms with Gasteiger partial charge in [-0.25, -0.2) is 9.69 Å². The van der Waals surface area contributed by atoms with Crippen molar-refractivity contribution in [2.45, 2.75) is 72.8 Å². The molecule has 2 atom stereocenters. The first-order valence-corrected chi connectivity index (χ1v) is 15.4. The molecule has 13 heteroatoms. The molecule has 2 unspecified atom stereocenters. The van der Waals surface area contributed by atoms with Crippen LogP contribution in [0.1, 0.15) is 65.9 Å². The number of carbonyl (C=O) groups excluding carboxylic acids is 6. The van der Waals surface area contributed by atoms with E-state index in [9.17, 15) is 28.8 Å². The maximum atomic E-state index is 12.6. The summed E-state index contributed by atoms with van der Waals surface area (Å²) in [6.07, 6.45) is -0.106. The van der Waals surface area contributed by atoms with Gasteiger partial charge in [-0.1, -0.05) is 38.1 Å². The molecule has 0 radical (unpaired) electrons. The van der Waals surface area contributed by atoms with Crippen LogP contribution < -0.4 is 4.74 Å². The van der Waals surface area contributed by atoms with Crippen LogP contribution in [0, 0.1) is 11.8 Å². The summed E-state index contributed by atoms with van der Waals surface area (Å²) in [6, 6.07) is 11.5. The summed E-state index contributed by atoms with van der Waals surface area (Å²) in [6.45, 7) is 6.37. The zero-order chi connectivity index (χ0) is 34.9. The molecule has 0 saturated carbocycles. The van der Waals surface area contributed by atoms with E-state index in [0.717, 1.165) is 21.2 Å². The van der Waals surface area contributed by atoms with E-state index >= 15 is 0 Å². The lowest BCUT2D eigenvalue weighted by molar-refractivity contribution is -0.166. The summed E-state index contributed by atoms with van der Waals surface area (Å²) in [7, 11) is 1.58. The number of hydrogen-bond donors (Lipinski definition) is 0. The number of ether oxygens (including phenoxy) is 6. The average Bonchev–Trinajstić information content (AvgIpc) is 3.00. The van der Waals surface area contributed by atoms with Gasteiger partial charge in [-0.05, 0) is 59.6 Å². The van der Waals surface area contributed by atoms with E-state index in [1.54, 1.807) is 7.11 Å². The van der Waals surface area contributed by atoms with Gasteiger partial charge in [-0.3, -0.25) is 24.0 Å². The average molecular weight is 660 g/mol. The fraction of sp³-hybridized carbons (Fsp3) is 0.529. The van der Waals surface area contributed by atoms with Gasteiger partial charge in [0.25, 0.3) is 0 Å². The molecule has 47 heavy (non-hydrogen) atoms. The van der Waals surface area contributed by atoms with Gasteiger partial charge in [-0.15, -0.1) is 0 Å². The van der Waals surface area contributed by atoms with Gasteiger partial charge in [0.1, 0.15) is 19.0 Å². The highest BCUT2D eigenvalue weighted by molar-refractivity contribution is 5.91. The Bertz CT molecular complexity index is 1370. The first-order valence-electron chi connectivity index (χ1n) is 15.4. The molecule has 258 valence electrons. The summed E-state index contributed by atoms with van der Waals surface area (Å²) < 4.78 is 30.5. The van der Waals surface area contributed by atoms with E-state index in [-0.39, 0.29) is 44.4 Å². The lowest BCUT2D eigenvalue weighted by atomic mass is 9.94. The van der Waals surface area contributed by atoms with E-state index in [0.29, 0.717) is 25.0 Å². The molecular formula is C34H45NO12. The van der Waals surface area contributed by atoms with Crippen LogP contribution in [0.3, 0.4) is 0 Å². The molecule has 0 bridgehead atoms. The second-order valence-corrected chi connectivity index (χ2v) is 11.4. The molecule has 2 aromatic rings. The summed E-state index contributed by atoms with van der Waals surface area (Å²) in [4.78, 5) is 72.7. The number of amides is 2. The van der Waals surface area contributed by atoms with Gasteiger partial charge in [0, 0.05) is 40.2 Å². The molecule has 0 aliphatic carbocycles. The van der Waals surface area contributed by atoms with Crippen LogP contribution in [0.25, 0.3) is 10.8 Å². The lowest BCUT2D eigenvalue weighted by Crippen LogP contribution is -2.37. The van der Waals surface area contributed by atoms with Crippen LogP contribution in [0.5, 0.6) is 5.75 Å². The fourth-order valence-corrected chi connectivity index (χ4v) is 4.67. The van der Waals surface area contributed by atoms with Crippen LogP contribution >= 0.6 is 0 Å². The minimum atomic E-state index is -0.917. The summed E-state index contributed by atoms with van der Waals surface area (Å²) >= 11 is 0. The third kappa shape index (κ3) is 14.5. The predicted molar refractivity (Wildman–Crippen MR) is 169 cm³/mol. The summed E-state index contributed by atoms with van der Waals surface area (Å²) in [5.41, 5.74) is 0.926. The van der Waals surface area contributed by atoms with Crippen molar-refractivity contribution in [3.05, 3.63) is 42.0 Å². The Balaban J connectivity index is 1.74. The molecule has 0 N–H and O–H groups in total. The normalized spacial score (nSPS) is 12.1. The van der Waals surface area contributed by atoms with Crippen molar-refractivity contribution >= 4 is 46.7 Å². The van der Waals surface area contributed by atoms with Crippen LogP contribution in [0.2, 0.25) is 0 Å². The molecule has 0 fully saturated rings. The predicted octanol–water partition coefficient (Wildman–Crippen LogP) is 4.75. The number of nitrogens with zero attached hydrogens (tertiary/aromatic N) is 1. The molecular weight excluding hydrogens is 614 g/mol. The maximum absolute atomic E-state index is 12.6. The minimum Gasteiger partial charge on any atom is -0.497 e. The number of rotatable bonds is 18. The van der Waals surface area contributed by atoms with Gasteiger partial charge < -0.3 is 28.4 Å². The molecule has 0 saturated heterocycles. The Kier molecular flexibility index (Phi) is 16.2. The standard InChI is InChI=1S/C34H45NO12/c1-22(10-11-23(2)17-33(40)47-30(19-43-25(4)37)20-44-26(5)38)16-32(39)45-21-46-34(41)35(24(3)36)15-14-28-9-7-8-27-12-13-29(42-6)18-31(27)28/h7-9,12-13,18,22-23,30H,10-11,14-17,19-21H2,1-6H3. The third-order valence-electron chi connectivity index (χ3n) is 7.21. The topological polar surface area (TPSA) is 161 Å². The lowest BCUT2D eigenvalue weighted by Gasteiger charge is -2.20. The Hall–Kier alpha value is -4.68. The van der Waals surface area contributed by atoms with E-state index in [1.165, 1.54) is 20.8 Å². The summed E-state index contributed by atoms with van der Waals surface area (Å²) in [5, 5.41) is 1.94. The molecule has 13 nitrogen and oxygen atoms in total. The van der Waals surface area contributed by atoms with Crippen LogP contribution in [0.4, 0.5) is 4.79 Å². The van der Waals surface area contributed by atoms with Crippen molar-refractivity contribution in [1.82, 2.24) is 4.90 Å². The fourth-order valence-electron chi connectivity index (χ4n) is 4.67. The molecule has 0 heterocycles. The quantitative estimate of drug-likeness (QED) is 0.123. The Morgan fingerprint density at radius 2 is 1.38 bits per heavy atom. The highest BCUT2D eigenvalue weighted by atomic mass is 16.7. The van der Waals surface area contributed by atoms with Crippen LogP contribution in [0.15, 0.2) is 36.4 Å². The monoisotopic (exact) mass is 659 g/mol. The third-order valence-corrected chi connectivity index (χ3v) is 7.21. The van der Waals surface area contributed by atoms with Gasteiger partial charge in [0.15, 0.2) is 6.10 Å². The zero-order valence-corrected chi connectivity index (χ0v) is 27.9. The van der Waals surface area contributed by atoms with Gasteiger partial charge >= 0.3 is 30.0 Å². The first-order chi connectivity index (χ1) is 22.3. The highest BCUT2D eigenvalue weighted by Gasteiger charge is 2.22. The Labute approximate surface area is 274 Å². The molecule has 0 aliphatic heterocycles. The zero-order valence-electron chi connectivity index (χ0n) is 27.9. The SMILES string of the molecule is COc1ccc2cccc(CCN(C(C)=O)C(=O)OCOC(=O)CC(C)CCC(C)CC(=O)OC(COC(C)=O)COC(C)=O)c2c1. The number of methoxy groups -OCH3 is 1. The van der Waals surface area contributed by atoms with Crippen molar-refractivity contribution in [2.24, 2.45) is 11.8 Å². The van der Waals surface area contributed by atoms with E-state index in [2.05, 4.69) is 0 Å². The first kappa shape index (κ1) is 38.5. The second kappa shape index (κ2) is 19.7. The molecule has 0 spiro atoms. The van der Waals surface area contributed by atoms with E-state index in [4.69, 9.17) is 28.4 Å². The van der Waals surface area contributed by atoms with Crippen LogP contribution in [-0.2, 0) is 54.1 Å². The number of fused-ring (bicyclic) bond motifs is 1. The van der Waals surface area contributed by atoms with Crippen molar-refractivity contribution in [2.75, 3.05) is 33.7 Å². The Morgan fingerprint density at radius 1 is 0.766 bits per heavy atom. The van der Waals surface area contributed by atoms with E-state index in [1.807, 2.05) is 50.2 Å². The van der Waals surface area contributed by atoms with Gasteiger partial charge in [0.05, 0.1) is 7.11 Å². The number of carbonyl (C=O) groups is 6. The molecule has 0 aromatic heterocycles. The van der Waals surface area contributed by atoms with E-state index < -0.39 is 48.8 Å². The Morgan fingerprint density at radius 3 is 1.96 bits per heavy atom. The highest BCUT2D eigenvalue weighted by Crippen LogP contribution is 2.25. The molecule has 2 aromatic carbocycles. The largest absolute Gasteiger partial charge is 0.497 e. The van der Waals surface area contributed by atoms with Crippen LogP contribution in [-0.4, -0.2) is 80.5 Å². The number of esters is 4. The molecule has 2 rings (SSSR count). The number of benzene rings is 2. The van der Waals surface area contributed by atoms with Gasteiger partial charge in [-0.2, -0.15) is 0 Å². The summed E-state index contributed by atoms with van der Waals surface area (Å²) in [5.74, 6) is -2.21. The van der Waals surface area contributed by atoms with Crippen molar-refractivity contribution < 1.29 is 57.2 Å².